The summed E-state index contributed by atoms with van der Waals surface area (Å²) >= 11 is 0. The number of carbonyl (C=O) groups excluding carboxylic acids is 1. The van der Waals surface area contributed by atoms with Gasteiger partial charge in [-0.15, -0.1) is 0 Å². The van der Waals surface area contributed by atoms with Gasteiger partial charge in [-0.1, -0.05) is 42.0 Å². The first-order valence-corrected chi connectivity index (χ1v) is 10.1. The molecule has 2 aliphatic heterocycles. The minimum atomic E-state index is 0.0600. The summed E-state index contributed by atoms with van der Waals surface area (Å²) in [5.41, 5.74) is 4.73. The lowest BCUT2D eigenvalue weighted by molar-refractivity contribution is -0.120. The molecular formula is C23H28N2O3. The van der Waals surface area contributed by atoms with Gasteiger partial charge in [0, 0.05) is 26.1 Å². The monoisotopic (exact) mass is 380 g/mol. The molecule has 0 radical (unpaired) electrons. The van der Waals surface area contributed by atoms with Crippen LogP contribution in [0.25, 0.3) is 0 Å². The number of rotatable bonds is 6. The first-order chi connectivity index (χ1) is 13.7. The summed E-state index contributed by atoms with van der Waals surface area (Å²) in [6.45, 7) is 6.72. The van der Waals surface area contributed by atoms with Crippen molar-refractivity contribution in [2.75, 3.05) is 39.5 Å². The van der Waals surface area contributed by atoms with Crippen molar-refractivity contribution in [3.05, 3.63) is 64.7 Å². The minimum absolute atomic E-state index is 0.0600. The molecule has 2 aromatic carbocycles. The zero-order valence-electron chi connectivity index (χ0n) is 16.4. The number of hydrogen-bond acceptors (Lipinski definition) is 4. The van der Waals surface area contributed by atoms with Gasteiger partial charge >= 0.3 is 0 Å². The minimum Gasteiger partial charge on any atom is -0.493 e. The summed E-state index contributed by atoms with van der Waals surface area (Å²) in [6, 6.07) is 14.8. The van der Waals surface area contributed by atoms with Gasteiger partial charge in [-0.05, 0) is 29.7 Å². The van der Waals surface area contributed by atoms with Crippen LogP contribution in [0.5, 0.6) is 5.75 Å². The summed E-state index contributed by atoms with van der Waals surface area (Å²) in [5, 5.41) is 3.16. The summed E-state index contributed by atoms with van der Waals surface area (Å²) in [5.74, 6) is 1.01. The Balaban J connectivity index is 1.41. The van der Waals surface area contributed by atoms with Gasteiger partial charge in [0.05, 0.1) is 32.3 Å². The molecule has 5 heteroatoms. The van der Waals surface area contributed by atoms with Crippen molar-refractivity contribution >= 4 is 5.91 Å². The summed E-state index contributed by atoms with van der Waals surface area (Å²) < 4.78 is 11.1. The molecule has 0 saturated carbocycles. The molecule has 0 bridgehead atoms. The van der Waals surface area contributed by atoms with Crippen molar-refractivity contribution in [1.82, 2.24) is 10.2 Å². The number of carbonyl (C=O) groups is 1. The first-order valence-electron chi connectivity index (χ1n) is 10.1. The Morgan fingerprint density at radius 2 is 2.00 bits per heavy atom. The van der Waals surface area contributed by atoms with E-state index in [1.807, 2.05) is 12.1 Å². The second-order valence-electron chi connectivity index (χ2n) is 7.60. The van der Waals surface area contributed by atoms with Crippen molar-refractivity contribution < 1.29 is 14.3 Å². The van der Waals surface area contributed by atoms with Crippen LogP contribution in [-0.2, 0) is 22.4 Å². The van der Waals surface area contributed by atoms with E-state index in [2.05, 4.69) is 47.5 Å². The van der Waals surface area contributed by atoms with Crippen LogP contribution < -0.4 is 10.1 Å². The van der Waals surface area contributed by atoms with Crippen LogP contribution in [0.1, 0.15) is 28.3 Å². The Hall–Kier alpha value is -2.37. The molecule has 5 nitrogen and oxygen atoms in total. The highest BCUT2D eigenvalue weighted by Crippen LogP contribution is 2.26. The van der Waals surface area contributed by atoms with Crippen LogP contribution >= 0.6 is 0 Å². The van der Waals surface area contributed by atoms with E-state index in [0.29, 0.717) is 13.0 Å². The largest absolute Gasteiger partial charge is 0.493 e. The zero-order chi connectivity index (χ0) is 19.3. The third kappa shape index (κ3) is 4.54. The Morgan fingerprint density at radius 3 is 2.82 bits per heavy atom. The maximum Gasteiger partial charge on any atom is 0.224 e. The molecule has 1 atom stereocenters. The van der Waals surface area contributed by atoms with E-state index >= 15 is 0 Å². The van der Waals surface area contributed by atoms with Crippen LogP contribution in [0.15, 0.2) is 42.5 Å². The molecule has 1 N–H and O–H groups in total. The van der Waals surface area contributed by atoms with Crippen molar-refractivity contribution in [1.29, 1.82) is 0 Å². The summed E-state index contributed by atoms with van der Waals surface area (Å²) in [4.78, 5) is 15.0. The van der Waals surface area contributed by atoms with Crippen molar-refractivity contribution in [3.63, 3.8) is 0 Å². The van der Waals surface area contributed by atoms with Crippen molar-refractivity contribution in [2.24, 2.45) is 0 Å². The second-order valence-corrected chi connectivity index (χ2v) is 7.60. The van der Waals surface area contributed by atoms with Gasteiger partial charge in [0.1, 0.15) is 5.75 Å². The molecule has 28 heavy (non-hydrogen) atoms. The molecule has 1 saturated heterocycles. The first kappa shape index (κ1) is 19.0. The quantitative estimate of drug-likeness (QED) is 0.837. The third-order valence-electron chi connectivity index (χ3n) is 5.52. The number of fused-ring (bicyclic) bond motifs is 1. The van der Waals surface area contributed by atoms with Gasteiger partial charge < -0.3 is 14.8 Å². The highest BCUT2D eigenvalue weighted by Gasteiger charge is 2.23. The summed E-state index contributed by atoms with van der Waals surface area (Å²) in [7, 11) is 0. The number of hydrogen-bond donors (Lipinski definition) is 1. The molecular weight excluding hydrogens is 352 g/mol. The van der Waals surface area contributed by atoms with E-state index in [0.717, 1.165) is 50.6 Å². The average molecular weight is 380 g/mol. The topological polar surface area (TPSA) is 50.8 Å². The number of ether oxygens (including phenoxy) is 2. The average Bonchev–Trinajstić information content (AvgIpc) is 3.17. The maximum atomic E-state index is 12.6. The second kappa shape index (κ2) is 8.76. The van der Waals surface area contributed by atoms with E-state index in [1.54, 1.807) is 0 Å². The van der Waals surface area contributed by atoms with Crippen LogP contribution in [0.3, 0.4) is 0 Å². The van der Waals surface area contributed by atoms with Crippen LogP contribution in [0.2, 0.25) is 0 Å². The SMILES string of the molecule is Cc1cccc(C(CNC(=O)Cc2ccc3c(c2)CCO3)N2CCOCC2)c1. The Morgan fingerprint density at radius 1 is 1.14 bits per heavy atom. The number of benzene rings is 2. The lowest BCUT2D eigenvalue weighted by atomic mass is 10.0. The predicted molar refractivity (Wildman–Crippen MR) is 109 cm³/mol. The van der Waals surface area contributed by atoms with E-state index in [9.17, 15) is 4.79 Å². The molecule has 0 aromatic heterocycles. The van der Waals surface area contributed by atoms with E-state index in [4.69, 9.17) is 9.47 Å². The number of aryl methyl sites for hydroxylation is 1. The van der Waals surface area contributed by atoms with Gasteiger partial charge in [-0.25, -0.2) is 0 Å². The molecule has 1 fully saturated rings. The highest BCUT2D eigenvalue weighted by molar-refractivity contribution is 5.78. The third-order valence-corrected chi connectivity index (χ3v) is 5.52. The maximum absolute atomic E-state index is 12.6. The Bertz CT molecular complexity index is 830. The standard InChI is InChI=1S/C23H28N2O3/c1-17-3-2-4-19(13-17)21(25-8-11-27-12-9-25)16-24-23(26)15-18-5-6-22-20(14-18)7-10-28-22/h2-6,13-14,21H,7-12,15-16H2,1H3,(H,24,26). The van der Waals surface area contributed by atoms with Crippen LogP contribution in [0.4, 0.5) is 0 Å². The lowest BCUT2D eigenvalue weighted by Crippen LogP contribution is -2.44. The van der Waals surface area contributed by atoms with Gasteiger partial charge in [0.25, 0.3) is 0 Å². The van der Waals surface area contributed by atoms with Gasteiger partial charge in [-0.3, -0.25) is 9.69 Å². The highest BCUT2D eigenvalue weighted by atomic mass is 16.5. The Labute approximate surface area is 166 Å². The molecule has 0 aliphatic carbocycles. The fourth-order valence-electron chi connectivity index (χ4n) is 4.03. The van der Waals surface area contributed by atoms with Crippen molar-refractivity contribution in [3.8, 4) is 5.75 Å². The van der Waals surface area contributed by atoms with E-state index in [-0.39, 0.29) is 11.9 Å². The molecule has 148 valence electrons. The number of nitrogens with one attached hydrogen (secondary N) is 1. The normalized spacial score (nSPS) is 17.6. The van der Waals surface area contributed by atoms with Gasteiger partial charge in [0.15, 0.2) is 0 Å². The molecule has 2 heterocycles. The fraction of sp³-hybridized carbons (Fsp3) is 0.435. The van der Waals surface area contributed by atoms with E-state index < -0.39 is 0 Å². The smallest absolute Gasteiger partial charge is 0.224 e. The van der Waals surface area contributed by atoms with Gasteiger partial charge in [0.2, 0.25) is 5.91 Å². The zero-order valence-corrected chi connectivity index (χ0v) is 16.4. The fourth-order valence-corrected chi connectivity index (χ4v) is 4.03. The molecule has 0 spiro atoms. The van der Waals surface area contributed by atoms with Gasteiger partial charge in [-0.2, -0.15) is 0 Å². The summed E-state index contributed by atoms with van der Waals surface area (Å²) in [6.07, 6.45) is 1.33. The molecule has 1 amide bonds. The molecule has 4 rings (SSSR count). The predicted octanol–water partition coefficient (Wildman–Crippen LogP) is 2.66. The Kier molecular flexibility index (Phi) is 5.93. The molecule has 2 aliphatic rings. The van der Waals surface area contributed by atoms with Crippen molar-refractivity contribution in [2.45, 2.75) is 25.8 Å². The van der Waals surface area contributed by atoms with E-state index in [1.165, 1.54) is 16.7 Å². The number of amides is 1. The number of morpholine rings is 1. The number of nitrogens with zero attached hydrogens (tertiary/aromatic N) is 1. The molecule has 1 unspecified atom stereocenters. The lowest BCUT2D eigenvalue weighted by Gasteiger charge is -2.35. The van der Waals surface area contributed by atoms with Crippen LogP contribution in [0, 0.1) is 6.92 Å². The molecule has 2 aromatic rings. The van der Waals surface area contributed by atoms with Crippen LogP contribution in [-0.4, -0.2) is 50.3 Å².